The molecule has 1 rings (SSSR count). The Hall–Kier alpha value is -2.00. The largest absolute Gasteiger partial charge is 0.508 e. The first-order valence-electron chi connectivity index (χ1n) is 6.27. The van der Waals surface area contributed by atoms with E-state index in [1.54, 1.807) is 24.3 Å². The highest BCUT2D eigenvalue weighted by Gasteiger charge is 2.10. The van der Waals surface area contributed by atoms with Gasteiger partial charge in [0.05, 0.1) is 0 Å². The number of hydrogen-bond acceptors (Lipinski definition) is 3. The number of aromatic hydroxyl groups is 1. The molecule has 0 aliphatic carbocycles. The quantitative estimate of drug-likeness (QED) is 0.582. The minimum Gasteiger partial charge on any atom is -0.508 e. The van der Waals surface area contributed by atoms with Crippen LogP contribution in [0.15, 0.2) is 60.9 Å². The van der Waals surface area contributed by atoms with E-state index in [9.17, 15) is 10.2 Å². The van der Waals surface area contributed by atoms with E-state index in [2.05, 4.69) is 18.1 Å². The van der Waals surface area contributed by atoms with Crippen LogP contribution in [0.5, 0.6) is 5.75 Å². The third-order valence-corrected chi connectivity index (χ3v) is 2.92. The van der Waals surface area contributed by atoms with Gasteiger partial charge in [0, 0.05) is 24.2 Å². The number of benzene rings is 1. The zero-order valence-corrected chi connectivity index (χ0v) is 11.3. The van der Waals surface area contributed by atoms with E-state index in [0.717, 1.165) is 17.7 Å². The van der Waals surface area contributed by atoms with Gasteiger partial charge >= 0.3 is 0 Å². The molecule has 0 saturated carbocycles. The molecule has 0 amide bonds. The minimum absolute atomic E-state index is 0.0515. The molecule has 0 fully saturated rings. The van der Waals surface area contributed by atoms with Crippen molar-refractivity contribution in [2.24, 2.45) is 0 Å². The maximum Gasteiger partial charge on any atom is 0.120 e. The normalized spacial score (nSPS) is 11.6. The first kappa shape index (κ1) is 15.1. The summed E-state index contributed by atoms with van der Waals surface area (Å²) in [6.07, 6.45) is 3.38. The molecule has 0 radical (unpaired) electrons. The molecular formula is C16H21NO2. The van der Waals surface area contributed by atoms with Gasteiger partial charge < -0.3 is 10.2 Å². The summed E-state index contributed by atoms with van der Waals surface area (Å²) in [5.41, 5.74) is 1.60. The fourth-order valence-electron chi connectivity index (χ4n) is 1.79. The number of phenolic OH excluding ortho intramolecular Hbond substituents is 1. The van der Waals surface area contributed by atoms with Crippen LogP contribution in [0, 0.1) is 0 Å². The molecule has 1 aromatic rings. The average molecular weight is 259 g/mol. The number of para-hydroxylation sites is 1. The SMILES string of the molecule is C=C/C=C(/CN(CC)Cc1ccccc1O)C(=C)O. The van der Waals surface area contributed by atoms with Crippen molar-refractivity contribution in [2.45, 2.75) is 13.5 Å². The summed E-state index contributed by atoms with van der Waals surface area (Å²) >= 11 is 0. The van der Waals surface area contributed by atoms with Gasteiger partial charge in [-0.2, -0.15) is 0 Å². The van der Waals surface area contributed by atoms with Gasteiger partial charge in [0.1, 0.15) is 11.5 Å². The summed E-state index contributed by atoms with van der Waals surface area (Å²) in [6, 6.07) is 7.26. The van der Waals surface area contributed by atoms with Crippen LogP contribution < -0.4 is 0 Å². The van der Waals surface area contributed by atoms with Gasteiger partial charge in [0.15, 0.2) is 0 Å². The third-order valence-electron chi connectivity index (χ3n) is 2.92. The molecule has 2 N–H and O–H groups in total. The van der Waals surface area contributed by atoms with Crippen LogP contribution >= 0.6 is 0 Å². The number of aliphatic hydroxyl groups is 1. The summed E-state index contributed by atoms with van der Waals surface area (Å²) in [5.74, 6) is 0.341. The van der Waals surface area contributed by atoms with E-state index in [4.69, 9.17) is 0 Å². The fraction of sp³-hybridized carbons (Fsp3) is 0.250. The lowest BCUT2D eigenvalue weighted by Crippen LogP contribution is -2.25. The van der Waals surface area contributed by atoms with Gasteiger partial charge in [0.2, 0.25) is 0 Å². The van der Waals surface area contributed by atoms with Crippen LogP contribution in [0.1, 0.15) is 12.5 Å². The Bertz CT molecular complexity index is 477. The second-order valence-electron chi connectivity index (χ2n) is 4.31. The van der Waals surface area contributed by atoms with E-state index in [0.29, 0.717) is 13.1 Å². The monoisotopic (exact) mass is 259 g/mol. The third kappa shape index (κ3) is 4.64. The smallest absolute Gasteiger partial charge is 0.120 e. The second kappa shape index (κ2) is 7.44. The van der Waals surface area contributed by atoms with Crippen LogP contribution in [0.25, 0.3) is 0 Å². The van der Waals surface area contributed by atoms with Crippen molar-refractivity contribution in [2.75, 3.05) is 13.1 Å². The predicted molar refractivity (Wildman–Crippen MR) is 79.1 cm³/mol. The molecule has 0 saturated heterocycles. The second-order valence-corrected chi connectivity index (χ2v) is 4.31. The Balaban J connectivity index is 2.79. The minimum atomic E-state index is 0.0515. The lowest BCUT2D eigenvalue weighted by Gasteiger charge is -2.22. The topological polar surface area (TPSA) is 43.7 Å². The number of likely N-dealkylation sites (N-methyl/N-ethyl adjacent to an activating group) is 1. The molecular weight excluding hydrogens is 238 g/mol. The average Bonchev–Trinajstić information content (AvgIpc) is 2.39. The Kier molecular flexibility index (Phi) is 5.90. The van der Waals surface area contributed by atoms with E-state index < -0.39 is 0 Å². The van der Waals surface area contributed by atoms with E-state index in [1.807, 2.05) is 19.1 Å². The van der Waals surface area contributed by atoms with Gasteiger partial charge in [-0.05, 0) is 12.6 Å². The van der Waals surface area contributed by atoms with Crippen molar-refractivity contribution in [1.29, 1.82) is 0 Å². The molecule has 0 unspecified atom stereocenters. The van der Waals surface area contributed by atoms with Crippen molar-refractivity contribution in [3.05, 3.63) is 66.5 Å². The lowest BCUT2D eigenvalue weighted by molar-refractivity contribution is 0.291. The number of phenols is 1. The lowest BCUT2D eigenvalue weighted by atomic mass is 10.1. The summed E-state index contributed by atoms with van der Waals surface area (Å²) < 4.78 is 0. The molecule has 0 bridgehead atoms. The van der Waals surface area contributed by atoms with Gasteiger partial charge in [-0.3, -0.25) is 4.90 Å². The van der Waals surface area contributed by atoms with Gasteiger partial charge in [-0.15, -0.1) is 0 Å². The zero-order chi connectivity index (χ0) is 14.3. The van der Waals surface area contributed by atoms with E-state index in [1.165, 1.54) is 0 Å². The van der Waals surface area contributed by atoms with E-state index in [-0.39, 0.29) is 11.5 Å². The number of nitrogens with zero attached hydrogens (tertiary/aromatic N) is 1. The van der Waals surface area contributed by atoms with Crippen molar-refractivity contribution in [3.63, 3.8) is 0 Å². The molecule has 0 atom stereocenters. The fourth-order valence-corrected chi connectivity index (χ4v) is 1.79. The van der Waals surface area contributed by atoms with Gasteiger partial charge in [-0.1, -0.05) is 50.4 Å². The Morgan fingerprint density at radius 2 is 2.05 bits per heavy atom. The maximum absolute atomic E-state index is 9.78. The molecule has 0 heterocycles. The zero-order valence-electron chi connectivity index (χ0n) is 11.3. The first-order valence-corrected chi connectivity index (χ1v) is 6.27. The van der Waals surface area contributed by atoms with Crippen molar-refractivity contribution in [1.82, 2.24) is 4.90 Å². The summed E-state index contributed by atoms with van der Waals surface area (Å²) in [7, 11) is 0. The highest BCUT2D eigenvalue weighted by atomic mass is 16.3. The van der Waals surface area contributed by atoms with Crippen molar-refractivity contribution < 1.29 is 10.2 Å². The molecule has 0 aromatic heterocycles. The molecule has 102 valence electrons. The van der Waals surface area contributed by atoms with Gasteiger partial charge in [0.25, 0.3) is 0 Å². The first-order chi connectivity index (χ1) is 9.08. The Morgan fingerprint density at radius 3 is 2.58 bits per heavy atom. The standard InChI is InChI=1S/C16H21NO2/c1-4-8-14(13(3)18)11-17(5-2)12-15-9-6-7-10-16(15)19/h4,6-10,18-19H,1,3,5,11-12H2,2H3/b14-8-. The molecule has 3 heteroatoms. The summed E-state index contributed by atoms with van der Waals surface area (Å²) in [6.45, 7) is 11.2. The molecule has 0 aliphatic rings. The van der Waals surface area contributed by atoms with Crippen molar-refractivity contribution >= 4 is 0 Å². The number of rotatable bonds is 7. The molecule has 0 spiro atoms. The summed E-state index contributed by atoms with van der Waals surface area (Å²) in [4.78, 5) is 2.10. The molecule has 19 heavy (non-hydrogen) atoms. The van der Waals surface area contributed by atoms with Gasteiger partial charge in [-0.25, -0.2) is 0 Å². The van der Waals surface area contributed by atoms with Crippen molar-refractivity contribution in [3.8, 4) is 5.75 Å². The van der Waals surface area contributed by atoms with Crippen LogP contribution in [0.2, 0.25) is 0 Å². The predicted octanol–water partition coefficient (Wildman–Crippen LogP) is 3.40. The Labute approximate surface area is 114 Å². The van der Waals surface area contributed by atoms with Crippen LogP contribution in [0.4, 0.5) is 0 Å². The van der Waals surface area contributed by atoms with Crippen LogP contribution in [0.3, 0.4) is 0 Å². The highest BCUT2D eigenvalue weighted by molar-refractivity contribution is 5.32. The maximum atomic E-state index is 9.78. The molecule has 0 aliphatic heterocycles. The van der Waals surface area contributed by atoms with E-state index >= 15 is 0 Å². The Morgan fingerprint density at radius 1 is 1.37 bits per heavy atom. The summed E-state index contributed by atoms with van der Waals surface area (Å²) in [5, 5.41) is 19.3. The number of hydrogen-bond donors (Lipinski definition) is 2. The number of allylic oxidation sites excluding steroid dienone is 2. The number of aliphatic hydroxyl groups excluding tert-OH is 1. The molecule has 1 aromatic carbocycles. The van der Waals surface area contributed by atoms with Crippen LogP contribution in [-0.2, 0) is 6.54 Å². The highest BCUT2D eigenvalue weighted by Crippen LogP contribution is 2.19. The molecule has 3 nitrogen and oxygen atoms in total. The van der Waals surface area contributed by atoms with Crippen LogP contribution in [-0.4, -0.2) is 28.2 Å².